The SMILES string of the molecule is C.CCOC(=O)c1cc(Cl)c2c(C(C)C)nn(-c3cccc(N(C)C)c3)c2n1.CCOC(=O)c1cc(N)c2c(C(C)C)nn(-c3cccc(N(C)C)c3)c2n1. The molecule has 4 aromatic heterocycles. The van der Waals surface area contributed by atoms with Crippen molar-refractivity contribution in [3.05, 3.63) is 88.5 Å². The Labute approximate surface area is 328 Å². The Morgan fingerprint density at radius 2 is 1.13 bits per heavy atom. The summed E-state index contributed by atoms with van der Waals surface area (Å²) >= 11 is 6.53. The summed E-state index contributed by atoms with van der Waals surface area (Å²) in [5.74, 6) is -0.684. The normalized spacial score (nSPS) is 11.0. The lowest BCUT2D eigenvalue weighted by atomic mass is 10.1. The van der Waals surface area contributed by atoms with Gasteiger partial charge in [0.25, 0.3) is 0 Å². The molecular weight excluding hydrogens is 718 g/mol. The van der Waals surface area contributed by atoms with Crippen molar-refractivity contribution in [3.8, 4) is 11.4 Å². The Morgan fingerprint density at radius 1 is 0.709 bits per heavy atom. The van der Waals surface area contributed by atoms with Crippen molar-refractivity contribution < 1.29 is 19.1 Å². The molecule has 14 heteroatoms. The van der Waals surface area contributed by atoms with E-state index in [9.17, 15) is 9.59 Å². The lowest BCUT2D eigenvalue weighted by molar-refractivity contribution is 0.0510. The second-order valence-electron chi connectivity index (χ2n) is 13.7. The molecule has 4 heterocycles. The van der Waals surface area contributed by atoms with Crippen LogP contribution in [-0.4, -0.2) is 82.9 Å². The average molecular weight is 770 g/mol. The molecule has 0 aliphatic heterocycles. The molecule has 6 rings (SSSR count). The lowest BCUT2D eigenvalue weighted by Gasteiger charge is -2.14. The van der Waals surface area contributed by atoms with E-state index in [-0.39, 0.29) is 43.9 Å². The number of esters is 2. The molecule has 0 saturated carbocycles. The molecule has 0 radical (unpaired) electrons. The van der Waals surface area contributed by atoms with Gasteiger partial charge >= 0.3 is 11.9 Å². The minimum Gasteiger partial charge on any atom is -0.461 e. The van der Waals surface area contributed by atoms with Crippen LogP contribution in [0.15, 0.2) is 60.7 Å². The molecule has 0 aliphatic rings. The fourth-order valence-electron chi connectivity index (χ4n) is 5.86. The number of carbonyl (C=O) groups excluding carboxylic acids is 2. The van der Waals surface area contributed by atoms with Gasteiger partial charge in [-0.05, 0) is 74.2 Å². The molecule has 6 aromatic rings. The number of ether oxygens (including phenoxy) is 2. The summed E-state index contributed by atoms with van der Waals surface area (Å²) in [7, 11) is 7.92. The minimum atomic E-state index is -0.498. The maximum Gasteiger partial charge on any atom is 0.357 e. The van der Waals surface area contributed by atoms with E-state index in [4.69, 9.17) is 37.0 Å². The van der Waals surface area contributed by atoms with Gasteiger partial charge in [-0.1, -0.05) is 58.9 Å². The van der Waals surface area contributed by atoms with Crippen LogP contribution in [0.1, 0.15) is 93.2 Å². The Kier molecular flexibility index (Phi) is 13.5. The van der Waals surface area contributed by atoms with Crippen molar-refractivity contribution in [2.75, 3.05) is 56.9 Å². The summed E-state index contributed by atoms with van der Waals surface area (Å²) < 4.78 is 13.7. The second-order valence-corrected chi connectivity index (χ2v) is 14.1. The van der Waals surface area contributed by atoms with E-state index in [1.54, 1.807) is 35.3 Å². The lowest BCUT2D eigenvalue weighted by Crippen LogP contribution is -2.10. The predicted octanol–water partition coefficient (Wildman–Crippen LogP) is 8.44. The first-order valence-corrected chi connectivity index (χ1v) is 18.2. The second kappa shape index (κ2) is 17.6. The summed E-state index contributed by atoms with van der Waals surface area (Å²) in [6.07, 6.45) is 0. The van der Waals surface area contributed by atoms with Crippen LogP contribution in [0, 0.1) is 0 Å². The third-order valence-corrected chi connectivity index (χ3v) is 8.85. The number of aromatic nitrogens is 6. The third kappa shape index (κ3) is 8.83. The quantitative estimate of drug-likeness (QED) is 0.134. The van der Waals surface area contributed by atoms with Crippen molar-refractivity contribution in [3.63, 3.8) is 0 Å². The van der Waals surface area contributed by atoms with Crippen LogP contribution in [0.3, 0.4) is 0 Å². The molecule has 0 fully saturated rings. The number of hydrogen-bond donors (Lipinski definition) is 1. The molecule has 13 nitrogen and oxygen atoms in total. The molecule has 0 aliphatic carbocycles. The van der Waals surface area contributed by atoms with Gasteiger partial charge in [-0.15, -0.1) is 0 Å². The zero-order valence-corrected chi connectivity index (χ0v) is 33.3. The number of rotatable bonds is 10. The topological polar surface area (TPSA) is 147 Å². The summed E-state index contributed by atoms with van der Waals surface area (Å²) in [4.78, 5) is 37.5. The monoisotopic (exact) mass is 769 g/mol. The van der Waals surface area contributed by atoms with Gasteiger partial charge in [0.1, 0.15) is 0 Å². The van der Waals surface area contributed by atoms with Crippen molar-refractivity contribution in [1.82, 2.24) is 29.5 Å². The number of pyridine rings is 2. The van der Waals surface area contributed by atoms with Crippen LogP contribution in [0.4, 0.5) is 17.1 Å². The van der Waals surface area contributed by atoms with Crippen molar-refractivity contribution >= 4 is 62.7 Å². The molecule has 55 heavy (non-hydrogen) atoms. The standard InChI is InChI=1S/C20H23ClN4O2.C20H25N5O2.CH4/c2*1-6-27-20(26)16-11-15(21)17-18(12(2)3)23-25(19(17)22-16)14-9-7-8-13(10-14)24(4)5;/h7-12H,6H2,1-5H3;7-12H,6H2,1-5H3,(H2,21,22);1H4. The zero-order chi connectivity index (χ0) is 39.4. The molecule has 0 spiro atoms. The number of nitrogens with two attached hydrogens (primary N) is 1. The van der Waals surface area contributed by atoms with E-state index in [1.807, 2.05) is 86.5 Å². The van der Waals surface area contributed by atoms with Gasteiger partial charge in [-0.25, -0.2) is 28.9 Å². The van der Waals surface area contributed by atoms with Crippen LogP contribution in [-0.2, 0) is 9.47 Å². The summed E-state index contributed by atoms with van der Waals surface area (Å²) in [5, 5.41) is 11.5. The first-order valence-electron chi connectivity index (χ1n) is 17.8. The van der Waals surface area contributed by atoms with E-state index in [0.717, 1.165) is 44.9 Å². The number of halogens is 1. The molecule has 2 N–H and O–H groups in total. The van der Waals surface area contributed by atoms with Crippen molar-refractivity contribution in [2.45, 2.75) is 60.8 Å². The first kappa shape index (κ1) is 42.1. The van der Waals surface area contributed by atoms with E-state index in [0.29, 0.717) is 22.0 Å². The fraction of sp³-hybridized carbons (Fsp3) is 0.366. The van der Waals surface area contributed by atoms with E-state index in [2.05, 4.69) is 37.7 Å². The van der Waals surface area contributed by atoms with Gasteiger partial charge in [-0.2, -0.15) is 10.2 Å². The number of anilines is 3. The van der Waals surface area contributed by atoms with Crippen molar-refractivity contribution in [2.24, 2.45) is 0 Å². The smallest absolute Gasteiger partial charge is 0.357 e. The number of nitrogens with zero attached hydrogens (tertiary/aromatic N) is 8. The fourth-order valence-corrected chi connectivity index (χ4v) is 6.15. The van der Waals surface area contributed by atoms with E-state index in [1.165, 1.54) is 0 Å². The summed E-state index contributed by atoms with van der Waals surface area (Å²) in [6, 6.07) is 19.0. The number of benzene rings is 2. The Hall–Kier alpha value is -5.69. The molecule has 292 valence electrons. The summed E-state index contributed by atoms with van der Waals surface area (Å²) in [5.41, 5.74) is 13.7. The van der Waals surface area contributed by atoms with Gasteiger partial charge in [0.05, 0.1) is 51.8 Å². The maximum absolute atomic E-state index is 12.2. The Morgan fingerprint density at radius 3 is 1.55 bits per heavy atom. The summed E-state index contributed by atoms with van der Waals surface area (Å²) in [6.45, 7) is 12.3. The highest BCUT2D eigenvalue weighted by molar-refractivity contribution is 6.35. The van der Waals surface area contributed by atoms with E-state index < -0.39 is 11.9 Å². The molecule has 0 bridgehead atoms. The van der Waals surface area contributed by atoms with Gasteiger partial charge in [0.15, 0.2) is 22.7 Å². The van der Waals surface area contributed by atoms with Gasteiger partial charge < -0.3 is 25.0 Å². The molecular formula is C41H52ClN9O4. The maximum atomic E-state index is 12.2. The largest absolute Gasteiger partial charge is 0.461 e. The van der Waals surface area contributed by atoms with E-state index >= 15 is 0 Å². The van der Waals surface area contributed by atoms with Gasteiger partial charge in [-0.3, -0.25) is 0 Å². The predicted molar refractivity (Wildman–Crippen MR) is 223 cm³/mol. The molecule has 0 saturated heterocycles. The minimum absolute atomic E-state index is 0. The third-order valence-electron chi connectivity index (χ3n) is 8.56. The van der Waals surface area contributed by atoms with Gasteiger partial charge in [0.2, 0.25) is 0 Å². The zero-order valence-electron chi connectivity index (χ0n) is 32.5. The van der Waals surface area contributed by atoms with Crippen LogP contribution < -0.4 is 15.5 Å². The highest BCUT2D eigenvalue weighted by Gasteiger charge is 2.24. The molecule has 0 amide bonds. The van der Waals surface area contributed by atoms with Crippen LogP contribution in [0.2, 0.25) is 5.02 Å². The number of nitrogen functional groups attached to an aromatic ring is 1. The first-order chi connectivity index (χ1) is 25.7. The number of fused-ring (bicyclic) bond motifs is 2. The Balaban J connectivity index is 0.000000240. The number of carbonyl (C=O) groups is 2. The number of hydrogen-bond acceptors (Lipinski definition) is 11. The highest BCUT2D eigenvalue weighted by atomic mass is 35.5. The van der Waals surface area contributed by atoms with Crippen LogP contribution in [0.25, 0.3) is 33.4 Å². The Bertz CT molecular complexity index is 2150. The van der Waals surface area contributed by atoms with Crippen LogP contribution >= 0.6 is 11.6 Å². The molecule has 0 unspecified atom stereocenters. The van der Waals surface area contributed by atoms with Crippen LogP contribution in [0.5, 0.6) is 0 Å². The average Bonchev–Trinajstić information content (AvgIpc) is 3.73. The van der Waals surface area contributed by atoms with Gasteiger partial charge in [0, 0.05) is 45.3 Å². The van der Waals surface area contributed by atoms with Crippen molar-refractivity contribution in [1.29, 1.82) is 0 Å². The molecule has 0 atom stereocenters. The molecule has 2 aromatic carbocycles. The highest BCUT2D eigenvalue weighted by Crippen LogP contribution is 2.34.